The van der Waals surface area contributed by atoms with Gasteiger partial charge < -0.3 is 9.80 Å². The number of hydrogen-bond acceptors (Lipinski definition) is 1. The second kappa shape index (κ2) is 15.7. The molecule has 0 fully saturated rings. The maximum Gasteiger partial charge on any atom is 0.224 e. The van der Waals surface area contributed by atoms with Crippen molar-refractivity contribution in [2.45, 2.75) is 116 Å². The number of unbranched alkanes of at least 4 members (excludes halogenated alkanes) is 12. The van der Waals surface area contributed by atoms with E-state index in [0.717, 1.165) is 17.3 Å². The van der Waals surface area contributed by atoms with Crippen molar-refractivity contribution >= 4 is 5.91 Å². The van der Waals surface area contributed by atoms with E-state index >= 15 is 0 Å². The fraction of sp³-hybridized carbons (Fsp3) is 0.955. The zero-order valence-corrected chi connectivity index (χ0v) is 18.0. The van der Waals surface area contributed by atoms with Crippen LogP contribution in [0.1, 0.15) is 110 Å². The van der Waals surface area contributed by atoms with E-state index in [1.807, 2.05) is 0 Å². The maximum atomic E-state index is 12.0. The molecule has 0 aromatic rings. The van der Waals surface area contributed by atoms with E-state index in [1.54, 1.807) is 0 Å². The van der Waals surface area contributed by atoms with Crippen LogP contribution in [0.2, 0.25) is 0 Å². The minimum atomic E-state index is 0.225. The van der Waals surface area contributed by atoms with Gasteiger partial charge in [-0.1, -0.05) is 90.9 Å². The normalized spacial score (nSPS) is 13.0. The Labute approximate surface area is 158 Å². The lowest BCUT2D eigenvalue weighted by molar-refractivity contribution is -0.898. The van der Waals surface area contributed by atoms with Gasteiger partial charge in [-0.2, -0.15) is 0 Å². The monoisotopic (exact) mass is 355 g/mol. The number of rotatable bonds is 17. The SMILES string of the molecule is CCCCCCCCCCCCCCCC(=O)N[C@@H](CC)[N+](C)(C)C. The topological polar surface area (TPSA) is 29.1 Å². The van der Waals surface area contributed by atoms with Crippen LogP contribution in [0.4, 0.5) is 0 Å². The Kier molecular flexibility index (Phi) is 15.3. The lowest BCUT2D eigenvalue weighted by Gasteiger charge is -2.33. The van der Waals surface area contributed by atoms with Crippen LogP contribution in [0.3, 0.4) is 0 Å². The van der Waals surface area contributed by atoms with Crippen LogP contribution >= 0.6 is 0 Å². The molecular formula is C22H47N2O+. The van der Waals surface area contributed by atoms with Gasteiger partial charge in [0.05, 0.1) is 21.1 Å². The molecule has 0 bridgehead atoms. The van der Waals surface area contributed by atoms with E-state index in [9.17, 15) is 4.79 Å². The van der Waals surface area contributed by atoms with Crippen LogP contribution in [-0.2, 0) is 4.79 Å². The fourth-order valence-corrected chi connectivity index (χ4v) is 3.40. The molecule has 0 saturated carbocycles. The summed E-state index contributed by atoms with van der Waals surface area (Å²) in [5, 5.41) is 3.18. The Bertz CT molecular complexity index is 310. The number of nitrogens with zero attached hydrogens (tertiary/aromatic N) is 1. The first-order valence-corrected chi connectivity index (χ1v) is 11.0. The summed E-state index contributed by atoms with van der Waals surface area (Å²) in [6, 6.07) is 0. The van der Waals surface area contributed by atoms with Crippen LogP contribution in [0.15, 0.2) is 0 Å². The molecule has 1 atom stereocenters. The largest absolute Gasteiger partial charge is 0.311 e. The van der Waals surface area contributed by atoms with Crippen molar-refractivity contribution in [3.05, 3.63) is 0 Å². The number of carbonyl (C=O) groups excluding carboxylic acids is 1. The molecule has 0 aromatic heterocycles. The molecule has 0 aliphatic heterocycles. The second-order valence-corrected chi connectivity index (χ2v) is 8.60. The molecule has 0 unspecified atom stereocenters. The van der Waals surface area contributed by atoms with Crippen LogP contribution in [0.25, 0.3) is 0 Å². The van der Waals surface area contributed by atoms with Crippen LogP contribution < -0.4 is 5.32 Å². The second-order valence-electron chi connectivity index (χ2n) is 8.60. The summed E-state index contributed by atoms with van der Waals surface area (Å²) in [5.74, 6) is 0.225. The molecule has 0 aliphatic rings. The standard InChI is InChI=1S/C22H46N2O/c1-6-8-9-10-11-12-13-14-15-16-17-18-19-20-22(25)23-21(7-2)24(3,4)5/h21H,6-20H2,1-5H3/p+1/t21-/m1/s1. The summed E-state index contributed by atoms with van der Waals surface area (Å²) in [6.07, 6.45) is 19.4. The predicted octanol–water partition coefficient (Wildman–Crippen LogP) is 6.03. The minimum absolute atomic E-state index is 0.225. The highest BCUT2D eigenvalue weighted by molar-refractivity contribution is 5.75. The first-order chi connectivity index (χ1) is 11.9. The van der Waals surface area contributed by atoms with E-state index in [4.69, 9.17) is 0 Å². The van der Waals surface area contributed by atoms with E-state index in [1.165, 1.54) is 77.0 Å². The summed E-state index contributed by atoms with van der Waals surface area (Å²) < 4.78 is 0.793. The maximum absolute atomic E-state index is 12.0. The van der Waals surface area contributed by atoms with Gasteiger partial charge in [-0.25, -0.2) is 0 Å². The van der Waals surface area contributed by atoms with Crippen molar-refractivity contribution in [3.63, 3.8) is 0 Å². The van der Waals surface area contributed by atoms with E-state index < -0.39 is 0 Å². The molecule has 150 valence electrons. The Morgan fingerprint density at radius 2 is 1.12 bits per heavy atom. The smallest absolute Gasteiger partial charge is 0.224 e. The highest BCUT2D eigenvalue weighted by atomic mass is 16.1. The highest BCUT2D eigenvalue weighted by Gasteiger charge is 2.22. The first-order valence-electron chi connectivity index (χ1n) is 11.0. The molecule has 1 amide bonds. The molecule has 3 heteroatoms. The zero-order chi connectivity index (χ0) is 19.0. The van der Waals surface area contributed by atoms with Gasteiger partial charge in [0.1, 0.15) is 0 Å². The average Bonchev–Trinajstić information content (AvgIpc) is 2.55. The quantitative estimate of drug-likeness (QED) is 0.193. The van der Waals surface area contributed by atoms with Gasteiger partial charge >= 0.3 is 0 Å². The Morgan fingerprint density at radius 3 is 1.48 bits per heavy atom. The van der Waals surface area contributed by atoms with Crippen molar-refractivity contribution in [2.75, 3.05) is 21.1 Å². The summed E-state index contributed by atoms with van der Waals surface area (Å²) in [5.41, 5.74) is 0. The molecule has 0 spiro atoms. The van der Waals surface area contributed by atoms with Gasteiger partial charge in [0, 0.05) is 12.8 Å². The van der Waals surface area contributed by atoms with Crippen LogP contribution in [0, 0.1) is 0 Å². The lowest BCUT2D eigenvalue weighted by atomic mass is 10.0. The molecule has 0 aliphatic carbocycles. The van der Waals surface area contributed by atoms with E-state index in [-0.39, 0.29) is 12.1 Å². The van der Waals surface area contributed by atoms with Crippen molar-refractivity contribution < 1.29 is 9.28 Å². The van der Waals surface area contributed by atoms with Crippen molar-refractivity contribution in [1.29, 1.82) is 0 Å². The van der Waals surface area contributed by atoms with Gasteiger partial charge in [-0.3, -0.25) is 4.79 Å². The Hall–Kier alpha value is -0.570. The van der Waals surface area contributed by atoms with Crippen molar-refractivity contribution in [2.24, 2.45) is 0 Å². The fourth-order valence-electron chi connectivity index (χ4n) is 3.40. The Morgan fingerprint density at radius 1 is 0.720 bits per heavy atom. The number of carbonyl (C=O) groups is 1. The Balaban J connectivity index is 3.39. The third kappa shape index (κ3) is 15.4. The number of quaternary nitrogens is 1. The van der Waals surface area contributed by atoms with Crippen molar-refractivity contribution in [3.8, 4) is 0 Å². The van der Waals surface area contributed by atoms with E-state index in [2.05, 4.69) is 40.3 Å². The molecule has 25 heavy (non-hydrogen) atoms. The van der Waals surface area contributed by atoms with Crippen molar-refractivity contribution in [1.82, 2.24) is 5.32 Å². The molecule has 1 N–H and O–H groups in total. The summed E-state index contributed by atoms with van der Waals surface area (Å²) in [6.45, 7) is 4.42. The first kappa shape index (κ1) is 24.4. The van der Waals surface area contributed by atoms with Crippen LogP contribution in [-0.4, -0.2) is 37.7 Å². The summed E-state index contributed by atoms with van der Waals surface area (Å²) in [4.78, 5) is 12.0. The number of amides is 1. The molecule has 0 aromatic carbocycles. The third-order valence-corrected chi connectivity index (χ3v) is 5.16. The molecule has 0 saturated heterocycles. The summed E-state index contributed by atoms with van der Waals surface area (Å²) >= 11 is 0. The minimum Gasteiger partial charge on any atom is -0.311 e. The molecule has 3 nitrogen and oxygen atoms in total. The van der Waals surface area contributed by atoms with Crippen LogP contribution in [0.5, 0.6) is 0 Å². The molecule has 0 heterocycles. The van der Waals surface area contributed by atoms with Gasteiger partial charge in [-0.05, 0) is 6.42 Å². The number of nitrogens with one attached hydrogen (secondary N) is 1. The predicted molar refractivity (Wildman–Crippen MR) is 111 cm³/mol. The third-order valence-electron chi connectivity index (χ3n) is 5.16. The molecule has 0 rings (SSSR count). The highest BCUT2D eigenvalue weighted by Crippen LogP contribution is 2.13. The van der Waals surface area contributed by atoms with Gasteiger partial charge in [0.15, 0.2) is 6.17 Å². The molecular weight excluding hydrogens is 308 g/mol. The zero-order valence-electron chi connectivity index (χ0n) is 18.0. The lowest BCUT2D eigenvalue weighted by Crippen LogP contribution is -2.54. The van der Waals surface area contributed by atoms with Gasteiger partial charge in [-0.15, -0.1) is 0 Å². The average molecular weight is 356 g/mol. The van der Waals surface area contributed by atoms with E-state index in [0.29, 0.717) is 6.42 Å². The molecule has 0 radical (unpaired) electrons. The van der Waals surface area contributed by atoms with Gasteiger partial charge in [0.2, 0.25) is 5.91 Å². The van der Waals surface area contributed by atoms with Gasteiger partial charge in [0.25, 0.3) is 0 Å². The summed E-state index contributed by atoms with van der Waals surface area (Å²) in [7, 11) is 6.42. The number of hydrogen-bond donors (Lipinski definition) is 1.